The van der Waals surface area contributed by atoms with Gasteiger partial charge in [0.2, 0.25) is 5.91 Å². The zero-order chi connectivity index (χ0) is 22.5. The molecule has 2 aromatic rings. The van der Waals surface area contributed by atoms with E-state index < -0.39 is 0 Å². The molecule has 0 spiro atoms. The first-order valence-corrected chi connectivity index (χ1v) is 11.3. The van der Waals surface area contributed by atoms with Crippen LogP contribution in [0.25, 0.3) is 0 Å². The van der Waals surface area contributed by atoms with Crippen LogP contribution < -0.4 is 5.32 Å². The number of nitrogens with zero attached hydrogens (tertiary/aromatic N) is 2. The summed E-state index contributed by atoms with van der Waals surface area (Å²) in [7, 11) is 0. The normalized spacial score (nSPS) is 17.9. The van der Waals surface area contributed by atoms with Gasteiger partial charge in [0.15, 0.2) is 0 Å². The number of hydrogen-bond acceptors (Lipinski definition) is 4. The number of morpholine rings is 1. The van der Waals surface area contributed by atoms with E-state index in [-0.39, 0.29) is 23.5 Å². The van der Waals surface area contributed by atoms with Gasteiger partial charge in [-0.15, -0.1) is 0 Å². The Kier molecular flexibility index (Phi) is 7.40. The maximum atomic E-state index is 14.1. The van der Waals surface area contributed by atoms with Gasteiger partial charge in [0.05, 0.1) is 24.5 Å². The highest BCUT2D eigenvalue weighted by molar-refractivity contribution is 6.30. The fourth-order valence-electron chi connectivity index (χ4n) is 4.19. The van der Waals surface area contributed by atoms with Crippen LogP contribution >= 0.6 is 11.6 Å². The molecule has 2 aliphatic rings. The number of rotatable bonds is 5. The van der Waals surface area contributed by atoms with Crippen LogP contribution in [0, 0.1) is 11.7 Å². The average molecular weight is 460 g/mol. The highest BCUT2D eigenvalue weighted by Gasteiger charge is 2.27. The Morgan fingerprint density at radius 1 is 1.06 bits per heavy atom. The number of piperidine rings is 1. The molecule has 0 unspecified atom stereocenters. The van der Waals surface area contributed by atoms with E-state index in [0.717, 1.165) is 0 Å². The number of halogens is 2. The van der Waals surface area contributed by atoms with E-state index >= 15 is 0 Å². The van der Waals surface area contributed by atoms with Crippen molar-refractivity contribution in [1.82, 2.24) is 9.80 Å². The van der Waals surface area contributed by atoms with Crippen molar-refractivity contribution < 1.29 is 18.7 Å². The number of ether oxygens (including phenoxy) is 1. The van der Waals surface area contributed by atoms with Crippen molar-refractivity contribution in [3.8, 4) is 0 Å². The first-order chi connectivity index (χ1) is 15.5. The quantitative estimate of drug-likeness (QED) is 0.738. The van der Waals surface area contributed by atoms with Crippen LogP contribution in [0.15, 0.2) is 42.5 Å². The summed E-state index contributed by atoms with van der Waals surface area (Å²) < 4.78 is 19.4. The number of anilines is 1. The van der Waals surface area contributed by atoms with E-state index in [1.54, 1.807) is 35.2 Å². The molecule has 2 aliphatic heterocycles. The summed E-state index contributed by atoms with van der Waals surface area (Å²) in [5.41, 5.74) is 1.64. The van der Waals surface area contributed by atoms with Gasteiger partial charge >= 0.3 is 0 Å². The van der Waals surface area contributed by atoms with Crippen molar-refractivity contribution in [2.75, 3.05) is 44.7 Å². The summed E-state index contributed by atoms with van der Waals surface area (Å²) in [4.78, 5) is 29.7. The van der Waals surface area contributed by atoms with Crippen LogP contribution in [0.3, 0.4) is 0 Å². The smallest absolute Gasteiger partial charge is 0.256 e. The highest BCUT2D eigenvalue weighted by atomic mass is 35.5. The van der Waals surface area contributed by atoms with Crippen molar-refractivity contribution in [3.63, 3.8) is 0 Å². The minimum absolute atomic E-state index is 0.0791. The van der Waals surface area contributed by atoms with Crippen LogP contribution in [0.5, 0.6) is 0 Å². The predicted molar refractivity (Wildman–Crippen MR) is 121 cm³/mol. The molecule has 0 bridgehead atoms. The third-order valence-electron chi connectivity index (χ3n) is 6.08. The van der Waals surface area contributed by atoms with Crippen molar-refractivity contribution in [2.45, 2.75) is 19.4 Å². The lowest BCUT2D eigenvalue weighted by Gasteiger charge is -2.31. The van der Waals surface area contributed by atoms with Gasteiger partial charge in [-0.25, -0.2) is 4.39 Å². The molecule has 170 valence electrons. The Labute approximate surface area is 192 Å². The van der Waals surface area contributed by atoms with Crippen LogP contribution in [0.2, 0.25) is 5.02 Å². The first kappa shape index (κ1) is 22.7. The SMILES string of the molecule is O=C(Nc1ccccc1C(=O)N1CCOCC1)C1CCN(Cc2ccc(Cl)cc2F)CC1. The van der Waals surface area contributed by atoms with Crippen molar-refractivity contribution in [3.05, 3.63) is 64.4 Å². The van der Waals surface area contributed by atoms with E-state index in [2.05, 4.69) is 10.2 Å². The maximum absolute atomic E-state index is 14.1. The molecule has 2 fully saturated rings. The standard InChI is InChI=1S/C24H27ClFN3O3/c25-19-6-5-18(21(26)15-19)16-28-9-7-17(8-10-28)23(30)27-22-4-2-1-3-20(22)24(31)29-11-13-32-14-12-29/h1-6,15,17H,7-14,16H2,(H,27,30). The van der Waals surface area contributed by atoms with Gasteiger partial charge in [-0.1, -0.05) is 29.8 Å². The lowest BCUT2D eigenvalue weighted by molar-refractivity contribution is -0.121. The molecule has 2 saturated heterocycles. The Hall–Kier alpha value is -2.48. The monoisotopic (exact) mass is 459 g/mol. The number of carbonyl (C=O) groups excluding carboxylic acids is 2. The lowest BCUT2D eigenvalue weighted by atomic mass is 9.95. The molecule has 2 aromatic carbocycles. The molecule has 32 heavy (non-hydrogen) atoms. The second kappa shape index (κ2) is 10.4. The zero-order valence-electron chi connectivity index (χ0n) is 17.9. The van der Waals surface area contributed by atoms with Crippen molar-refractivity contribution in [2.24, 2.45) is 5.92 Å². The van der Waals surface area contributed by atoms with E-state index in [4.69, 9.17) is 16.3 Å². The molecule has 2 heterocycles. The van der Waals surface area contributed by atoms with Crippen molar-refractivity contribution >= 4 is 29.1 Å². The topological polar surface area (TPSA) is 61.9 Å². The zero-order valence-corrected chi connectivity index (χ0v) is 18.6. The molecular weight excluding hydrogens is 433 g/mol. The Balaban J connectivity index is 1.34. The Morgan fingerprint density at radius 2 is 1.78 bits per heavy atom. The molecule has 0 radical (unpaired) electrons. The third-order valence-corrected chi connectivity index (χ3v) is 6.32. The minimum atomic E-state index is -0.307. The fourth-order valence-corrected chi connectivity index (χ4v) is 4.35. The highest BCUT2D eigenvalue weighted by Crippen LogP contribution is 2.24. The largest absolute Gasteiger partial charge is 0.378 e. The number of hydrogen-bond donors (Lipinski definition) is 1. The molecular formula is C24H27ClFN3O3. The molecule has 8 heteroatoms. The Bertz CT molecular complexity index is 973. The van der Waals surface area contributed by atoms with Gasteiger partial charge in [-0.2, -0.15) is 0 Å². The van der Waals surface area contributed by atoms with Gasteiger partial charge in [0, 0.05) is 36.1 Å². The number of benzene rings is 2. The maximum Gasteiger partial charge on any atom is 0.256 e. The summed E-state index contributed by atoms with van der Waals surface area (Å²) in [5, 5.41) is 3.35. The van der Waals surface area contributed by atoms with Gasteiger partial charge in [0.25, 0.3) is 5.91 Å². The summed E-state index contributed by atoms with van der Waals surface area (Å²) in [6, 6.07) is 11.9. The predicted octanol–water partition coefficient (Wildman–Crippen LogP) is 3.80. The number of amides is 2. The van der Waals surface area contributed by atoms with Crippen LogP contribution in [0.1, 0.15) is 28.8 Å². The van der Waals surface area contributed by atoms with Crippen LogP contribution in [-0.2, 0) is 16.1 Å². The second-order valence-corrected chi connectivity index (χ2v) is 8.66. The number of para-hydroxylation sites is 1. The number of carbonyl (C=O) groups is 2. The third kappa shape index (κ3) is 5.46. The molecule has 0 aliphatic carbocycles. The number of likely N-dealkylation sites (tertiary alicyclic amines) is 1. The fraction of sp³-hybridized carbons (Fsp3) is 0.417. The lowest BCUT2D eigenvalue weighted by Crippen LogP contribution is -2.41. The van der Waals surface area contributed by atoms with E-state index in [0.29, 0.717) is 80.6 Å². The number of nitrogens with one attached hydrogen (secondary N) is 1. The van der Waals surface area contributed by atoms with Crippen LogP contribution in [-0.4, -0.2) is 61.0 Å². The van der Waals surface area contributed by atoms with Gasteiger partial charge in [-0.3, -0.25) is 14.5 Å². The molecule has 6 nitrogen and oxygen atoms in total. The van der Waals surface area contributed by atoms with Crippen molar-refractivity contribution in [1.29, 1.82) is 0 Å². The van der Waals surface area contributed by atoms with E-state index in [1.807, 2.05) is 6.07 Å². The summed E-state index contributed by atoms with van der Waals surface area (Å²) in [6.45, 7) is 4.05. The minimum Gasteiger partial charge on any atom is -0.378 e. The molecule has 1 N–H and O–H groups in total. The van der Waals surface area contributed by atoms with Crippen LogP contribution in [0.4, 0.5) is 10.1 Å². The molecule has 0 atom stereocenters. The molecule has 4 rings (SSSR count). The first-order valence-electron chi connectivity index (χ1n) is 10.9. The average Bonchev–Trinajstić information content (AvgIpc) is 2.82. The molecule has 2 amide bonds. The molecule has 0 saturated carbocycles. The summed E-state index contributed by atoms with van der Waals surface area (Å²) >= 11 is 5.83. The van der Waals surface area contributed by atoms with Gasteiger partial charge in [0.1, 0.15) is 5.82 Å². The van der Waals surface area contributed by atoms with E-state index in [9.17, 15) is 14.0 Å². The van der Waals surface area contributed by atoms with E-state index in [1.165, 1.54) is 6.07 Å². The molecule has 0 aromatic heterocycles. The van der Waals surface area contributed by atoms with Gasteiger partial charge in [-0.05, 0) is 50.2 Å². The Morgan fingerprint density at radius 3 is 2.50 bits per heavy atom. The summed E-state index contributed by atoms with van der Waals surface area (Å²) in [5.74, 6) is -0.625. The summed E-state index contributed by atoms with van der Waals surface area (Å²) in [6.07, 6.45) is 1.36. The van der Waals surface area contributed by atoms with Gasteiger partial charge < -0.3 is 15.0 Å². The second-order valence-electron chi connectivity index (χ2n) is 8.23.